The Kier molecular flexibility index (Phi) is 6.92. The summed E-state index contributed by atoms with van der Waals surface area (Å²) in [6.07, 6.45) is -3.16. The molecule has 1 heterocycles. The summed E-state index contributed by atoms with van der Waals surface area (Å²) in [4.78, 5) is 26.7. The second-order valence-corrected chi connectivity index (χ2v) is 8.23. The lowest BCUT2D eigenvalue weighted by atomic mass is 9.95. The monoisotopic (exact) mass is 476 g/mol. The van der Waals surface area contributed by atoms with Crippen molar-refractivity contribution in [2.24, 2.45) is 0 Å². The molecule has 5 nitrogen and oxygen atoms in total. The van der Waals surface area contributed by atoms with Crippen LogP contribution >= 0.6 is 12.2 Å². The van der Waals surface area contributed by atoms with E-state index in [9.17, 15) is 22.8 Å². The van der Waals surface area contributed by atoms with Gasteiger partial charge in [0.05, 0.1) is 17.9 Å². The fourth-order valence-electron chi connectivity index (χ4n) is 3.47. The molecule has 1 aliphatic rings. The minimum atomic E-state index is -4.59. The Hall–Kier alpha value is -3.20. The molecule has 0 unspecified atom stereocenters. The van der Waals surface area contributed by atoms with Gasteiger partial charge in [-0.1, -0.05) is 19.9 Å². The van der Waals surface area contributed by atoms with Crippen LogP contribution in [0.25, 0.3) is 6.08 Å². The van der Waals surface area contributed by atoms with E-state index in [1.165, 1.54) is 18.2 Å². The number of ether oxygens (including phenoxy) is 1. The minimum absolute atomic E-state index is 0.0861. The van der Waals surface area contributed by atoms with Crippen molar-refractivity contribution >= 4 is 40.9 Å². The summed E-state index contributed by atoms with van der Waals surface area (Å²) in [5.74, 6) is -0.678. The number of hydrogen-bond donors (Lipinski definition) is 1. The predicted molar refractivity (Wildman–Crippen MR) is 124 cm³/mol. The van der Waals surface area contributed by atoms with Crippen molar-refractivity contribution < 1.29 is 27.5 Å². The molecule has 0 aliphatic carbocycles. The van der Waals surface area contributed by atoms with Crippen molar-refractivity contribution in [3.8, 4) is 5.75 Å². The molecule has 1 aliphatic heterocycles. The van der Waals surface area contributed by atoms with Crippen molar-refractivity contribution in [1.29, 1.82) is 0 Å². The second kappa shape index (κ2) is 9.35. The van der Waals surface area contributed by atoms with E-state index in [0.717, 1.165) is 33.9 Å². The molecule has 0 saturated carbocycles. The number of rotatable bonds is 5. The molecule has 9 heteroatoms. The average molecular weight is 477 g/mol. The molecule has 1 saturated heterocycles. The molecule has 33 heavy (non-hydrogen) atoms. The van der Waals surface area contributed by atoms with Gasteiger partial charge in [0.1, 0.15) is 11.3 Å². The zero-order valence-electron chi connectivity index (χ0n) is 18.5. The first-order valence-corrected chi connectivity index (χ1v) is 10.7. The number of nitrogens with one attached hydrogen (secondary N) is 1. The number of carbonyl (C=O) groups excluding carboxylic acids is 2. The van der Waals surface area contributed by atoms with Gasteiger partial charge in [0.2, 0.25) is 0 Å². The van der Waals surface area contributed by atoms with E-state index < -0.39 is 23.6 Å². The number of nitrogens with zero attached hydrogens (tertiary/aromatic N) is 1. The van der Waals surface area contributed by atoms with Gasteiger partial charge in [0, 0.05) is 0 Å². The van der Waals surface area contributed by atoms with E-state index in [1.807, 2.05) is 39.8 Å². The summed E-state index contributed by atoms with van der Waals surface area (Å²) in [6, 6.07) is 7.91. The molecule has 2 aromatic carbocycles. The number of aryl methyl sites for hydroxylation is 1. The number of hydrogen-bond acceptors (Lipinski definition) is 4. The number of amides is 2. The largest absolute Gasteiger partial charge is 0.494 e. The Bertz CT molecular complexity index is 1160. The third-order valence-electron chi connectivity index (χ3n) is 5.15. The highest BCUT2D eigenvalue weighted by Gasteiger charge is 2.36. The van der Waals surface area contributed by atoms with Gasteiger partial charge in [0.25, 0.3) is 11.8 Å². The van der Waals surface area contributed by atoms with Crippen LogP contribution in [0.1, 0.15) is 48.9 Å². The molecule has 174 valence electrons. The molecular weight excluding hydrogens is 453 g/mol. The molecule has 0 bridgehead atoms. The number of alkyl halides is 3. The van der Waals surface area contributed by atoms with E-state index in [-0.39, 0.29) is 22.3 Å². The van der Waals surface area contributed by atoms with Gasteiger partial charge in [-0.05, 0) is 85.1 Å². The first-order valence-electron chi connectivity index (χ1n) is 10.3. The van der Waals surface area contributed by atoms with Crippen LogP contribution in [0.3, 0.4) is 0 Å². The van der Waals surface area contributed by atoms with E-state index in [1.54, 1.807) is 0 Å². The molecule has 0 aromatic heterocycles. The van der Waals surface area contributed by atoms with Gasteiger partial charge in [-0.25, -0.2) is 0 Å². The fraction of sp³-hybridized carbons (Fsp3) is 0.292. The van der Waals surface area contributed by atoms with Crippen LogP contribution in [0.15, 0.2) is 42.0 Å². The van der Waals surface area contributed by atoms with Gasteiger partial charge in [-0.3, -0.25) is 19.8 Å². The number of thiocarbonyl (C=S) groups is 1. The number of anilines is 1. The summed E-state index contributed by atoms with van der Waals surface area (Å²) in [7, 11) is 0. The summed E-state index contributed by atoms with van der Waals surface area (Å²) in [5.41, 5.74) is 1.05. The van der Waals surface area contributed by atoms with Crippen LogP contribution < -0.4 is 15.0 Å². The highest BCUT2D eigenvalue weighted by atomic mass is 32.1. The predicted octanol–water partition coefficient (Wildman–Crippen LogP) is 5.37. The highest BCUT2D eigenvalue weighted by molar-refractivity contribution is 7.80. The Balaban J connectivity index is 2.07. The van der Waals surface area contributed by atoms with Crippen LogP contribution in [0.2, 0.25) is 0 Å². The highest BCUT2D eigenvalue weighted by Crippen LogP contribution is 2.34. The van der Waals surface area contributed by atoms with Crippen LogP contribution in [0, 0.1) is 6.92 Å². The average Bonchev–Trinajstić information content (AvgIpc) is 2.72. The van der Waals surface area contributed by atoms with Gasteiger partial charge in [-0.15, -0.1) is 0 Å². The van der Waals surface area contributed by atoms with Crippen molar-refractivity contribution in [2.45, 2.75) is 39.8 Å². The normalized spacial score (nSPS) is 15.9. The van der Waals surface area contributed by atoms with Gasteiger partial charge in [-0.2, -0.15) is 13.2 Å². The molecule has 3 rings (SSSR count). The maximum atomic E-state index is 13.2. The van der Waals surface area contributed by atoms with Gasteiger partial charge >= 0.3 is 6.18 Å². The lowest BCUT2D eigenvalue weighted by molar-refractivity contribution is -0.137. The van der Waals surface area contributed by atoms with Gasteiger partial charge < -0.3 is 4.74 Å². The minimum Gasteiger partial charge on any atom is -0.494 e. The zero-order valence-corrected chi connectivity index (χ0v) is 19.4. The SMILES string of the molecule is CCOc1cc(C)c(/C=C2\C(=O)NC(=S)N(c3cccc(C(F)(F)F)c3)C2=O)cc1C(C)C. The molecule has 1 fully saturated rings. The topological polar surface area (TPSA) is 58.6 Å². The number of halogens is 3. The number of carbonyl (C=O) groups is 2. The van der Waals surface area contributed by atoms with E-state index >= 15 is 0 Å². The lowest BCUT2D eigenvalue weighted by Crippen LogP contribution is -2.54. The first-order chi connectivity index (χ1) is 15.4. The van der Waals surface area contributed by atoms with Crippen molar-refractivity contribution in [1.82, 2.24) is 5.32 Å². The molecule has 0 radical (unpaired) electrons. The summed E-state index contributed by atoms with van der Waals surface area (Å²) < 4.78 is 45.2. The molecule has 2 amide bonds. The van der Waals surface area contributed by atoms with Crippen LogP contribution in [-0.4, -0.2) is 23.5 Å². The quantitative estimate of drug-likeness (QED) is 0.358. The van der Waals surface area contributed by atoms with Crippen LogP contribution in [0.4, 0.5) is 18.9 Å². The first kappa shape index (κ1) is 24.4. The lowest BCUT2D eigenvalue weighted by Gasteiger charge is -2.29. The summed E-state index contributed by atoms with van der Waals surface area (Å²) in [6.45, 7) is 8.18. The molecule has 0 atom stereocenters. The third-order valence-corrected chi connectivity index (χ3v) is 5.44. The van der Waals surface area contributed by atoms with Crippen LogP contribution in [-0.2, 0) is 15.8 Å². The maximum Gasteiger partial charge on any atom is 0.416 e. The second-order valence-electron chi connectivity index (χ2n) is 7.84. The zero-order chi connectivity index (χ0) is 24.5. The van der Waals surface area contributed by atoms with E-state index in [4.69, 9.17) is 17.0 Å². The third kappa shape index (κ3) is 5.08. The smallest absolute Gasteiger partial charge is 0.416 e. The Morgan fingerprint density at radius 1 is 1.18 bits per heavy atom. The summed E-state index contributed by atoms with van der Waals surface area (Å²) in [5, 5.41) is 2.11. The summed E-state index contributed by atoms with van der Waals surface area (Å²) >= 11 is 5.09. The Morgan fingerprint density at radius 3 is 2.48 bits per heavy atom. The Labute approximate surface area is 195 Å². The van der Waals surface area contributed by atoms with Crippen LogP contribution in [0.5, 0.6) is 5.75 Å². The molecule has 1 N–H and O–H groups in total. The van der Waals surface area contributed by atoms with Gasteiger partial charge in [0.15, 0.2) is 5.11 Å². The van der Waals surface area contributed by atoms with Crippen molar-refractivity contribution in [3.05, 3.63) is 64.2 Å². The fourth-order valence-corrected chi connectivity index (χ4v) is 3.75. The molecule has 2 aromatic rings. The molecular formula is C24H23F3N2O3S. The Morgan fingerprint density at radius 2 is 1.88 bits per heavy atom. The molecule has 0 spiro atoms. The van der Waals surface area contributed by atoms with Crippen molar-refractivity contribution in [2.75, 3.05) is 11.5 Å². The van der Waals surface area contributed by atoms with E-state index in [0.29, 0.717) is 12.2 Å². The number of benzene rings is 2. The van der Waals surface area contributed by atoms with Crippen molar-refractivity contribution in [3.63, 3.8) is 0 Å². The standard InChI is InChI=1S/C24H23F3N2O3S/c1-5-32-20-9-14(4)15(10-18(20)13(2)3)11-19-21(30)28-23(33)29(22(19)31)17-8-6-7-16(12-17)24(25,26)27/h6-13H,5H2,1-4H3,(H,28,30,33)/b19-11+. The maximum absolute atomic E-state index is 13.2. The van der Waals surface area contributed by atoms with E-state index in [2.05, 4.69) is 5.32 Å².